The van der Waals surface area contributed by atoms with Crippen molar-refractivity contribution in [3.8, 4) is 0 Å². The Balaban J connectivity index is 2.74. The molecule has 1 rings (SSSR count). The average Bonchev–Trinajstić information content (AvgIpc) is 2.14. The number of rotatable bonds is 4. The number of hydrogen-bond donors (Lipinski definition) is 0. The van der Waals surface area contributed by atoms with E-state index in [9.17, 15) is 4.79 Å². The van der Waals surface area contributed by atoms with Crippen molar-refractivity contribution >= 4 is 41.1 Å². The van der Waals surface area contributed by atoms with E-state index >= 15 is 0 Å². The molecule has 0 heterocycles. The van der Waals surface area contributed by atoms with E-state index in [1.165, 1.54) is 0 Å². The number of benzene rings is 1. The van der Waals surface area contributed by atoms with E-state index in [1.807, 2.05) is 6.29 Å². The van der Waals surface area contributed by atoms with Gasteiger partial charge in [0, 0.05) is 6.42 Å². The lowest BCUT2D eigenvalue weighted by molar-refractivity contribution is 0.548. The Morgan fingerprint density at radius 2 is 1.71 bits per heavy atom. The van der Waals surface area contributed by atoms with E-state index in [2.05, 4.69) is 0 Å². The van der Waals surface area contributed by atoms with Crippen molar-refractivity contribution in [1.29, 1.82) is 0 Å². The SMILES string of the molecule is O=[C]CCCc1cc(Cl)c(Cl)c(Cl)c1. The summed E-state index contributed by atoms with van der Waals surface area (Å²) in [5.41, 5.74) is 0.986. The van der Waals surface area contributed by atoms with Gasteiger partial charge in [-0.25, -0.2) is 0 Å². The molecule has 0 amide bonds. The molecular formula is C10H8Cl3O. The molecule has 0 bridgehead atoms. The molecule has 4 heteroatoms. The minimum absolute atomic E-state index is 0.374. The molecule has 0 aliphatic heterocycles. The second kappa shape index (κ2) is 5.59. The van der Waals surface area contributed by atoms with Gasteiger partial charge in [0.15, 0.2) is 6.29 Å². The molecule has 0 aliphatic rings. The average molecular weight is 251 g/mol. The van der Waals surface area contributed by atoms with Crippen LogP contribution in [-0.2, 0) is 11.2 Å². The summed E-state index contributed by atoms with van der Waals surface area (Å²) in [6, 6.07) is 3.53. The van der Waals surface area contributed by atoms with Crippen LogP contribution in [0.25, 0.3) is 0 Å². The van der Waals surface area contributed by atoms with Crippen LogP contribution in [0, 0.1) is 0 Å². The Morgan fingerprint density at radius 3 is 2.21 bits per heavy atom. The summed E-state index contributed by atoms with van der Waals surface area (Å²) in [5, 5.41) is 1.27. The zero-order valence-electron chi connectivity index (χ0n) is 7.32. The van der Waals surface area contributed by atoms with Crippen LogP contribution in [0.4, 0.5) is 0 Å². The van der Waals surface area contributed by atoms with Crippen LogP contribution in [0.2, 0.25) is 15.1 Å². The van der Waals surface area contributed by atoms with E-state index < -0.39 is 0 Å². The highest BCUT2D eigenvalue weighted by molar-refractivity contribution is 6.48. The maximum atomic E-state index is 9.98. The molecule has 0 saturated heterocycles. The monoisotopic (exact) mass is 249 g/mol. The van der Waals surface area contributed by atoms with Crippen LogP contribution >= 0.6 is 34.8 Å². The van der Waals surface area contributed by atoms with Crippen LogP contribution in [0.5, 0.6) is 0 Å². The van der Waals surface area contributed by atoms with Gasteiger partial charge < -0.3 is 0 Å². The van der Waals surface area contributed by atoms with Crippen LogP contribution in [0.15, 0.2) is 12.1 Å². The topological polar surface area (TPSA) is 17.1 Å². The van der Waals surface area contributed by atoms with Crippen molar-refractivity contribution in [2.75, 3.05) is 0 Å². The lowest BCUT2D eigenvalue weighted by atomic mass is 10.1. The Bertz CT molecular complexity index is 313. The lowest BCUT2D eigenvalue weighted by Gasteiger charge is -2.03. The van der Waals surface area contributed by atoms with Gasteiger partial charge in [-0.05, 0) is 30.5 Å². The van der Waals surface area contributed by atoms with E-state index in [0.717, 1.165) is 18.4 Å². The molecule has 75 valence electrons. The van der Waals surface area contributed by atoms with Crippen molar-refractivity contribution in [2.45, 2.75) is 19.3 Å². The highest BCUT2D eigenvalue weighted by Gasteiger charge is 2.05. The molecule has 1 nitrogen and oxygen atoms in total. The molecule has 1 radical (unpaired) electrons. The maximum Gasteiger partial charge on any atom is 0.198 e. The fraction of sp³-hybridized carbons (Fsp3) is 0.300. The van der Waals surface area contributed by atoms with Crippen molar-refractivity contribution < 1.29 is 4.79 Å². The normalized spacial score (nSPS) is 10.2. The molecule has 0 aromatic heterocycles. The highest BCUT2D eigenvalue weighted by Crippen LogP contribution is 2.31. The minimum Gasteiger partial charge on any atom is -0.291 e. The van der Waals surface area contributed by atoms with Gasteiger partial charge >= 0.3 is 0 Å². The van der Waals surface area contributed by atoms with Gasteiger partial charge in [-0.15, -0.1) is 0 Å². The number of unbranched alkanes of at least 4 members (excludes halogenated alkanes) is 1. The molecule has 0 saturated carbocycles. The third-order valence-electron chi connectivity index (χ3n) is 1.79. The van der Waals surface area contributed by atoms with Crippen LogP contribution in [-0.4, -0.2) is 6.29 Å². The molecule has 0 atom stereocenters. The third kappa shape index (κ3) is 3.16. The lowest BCUT2D eigenvalue weighted by Crippen LogP contribution is -1.87. The Hall–Kier alpha value is -0.240. The van der Waals surface area contributed by atoms with Gasteiger partial charge in [0.05, 0.1) is 15.1 Å². The molecule has 0 fully saturated rings. The summed E-state index contributed by atoms with van der Waals surface area (Å²) >= 11 is 17.5. The quantitative estimate of drug-likeness (QED) is 0.581. The molecule has 0 N–H and O–H groups in total. The van der Waals surface area contributed by atoms with Gasteiger partial charge in [0.25, 0.3) is 0 Å². The molecule has 1 aromatic rings. The van der Waals surface area contributed by atoms with E-state index in [1.54, 1.807) is 12.1 Å². The number of aryl methyl sites for hydroxylation is 1. The smallest absolute Gasteiger partial charge is 0.198 e. The summed E-state index contributed by atoms with van der Waals surface area (Å²) in [6.07, 6.45) is 3.77. The largest absolute Gasteiger partial charge is 0.291 e. The summed E-state index contributed by atoms with van der Waals surface area (Å²) in [5.74, 6) is 0. The Kier molecular flexibility index (Phi) is 4.73. The summed E-state index contributed by atoms with van der Waals surface area (Å²) in [4.78, 5) is 9.98. The van der Waals surface area contributed by atoms with Crippen molar-refractivity contribution in [3.63, 3.8) is 0 Å². The van der Waals surface area contributed by atoms with Crippen molar-refractivity contribution in [1.82, 2.24) is 0 Å². The standard InChI is InChI=1S/C10H8Cl3O/c11-8-5-7(3-1-2-4-14)6-9(12)10(8)13/h5-6H,1-3H2. The van der Waals surface area contributed by atoms with Gasteiger partial charge in [0.1, 0.15) is 0 Å². The number of halogens is 3. The predicted octanol–water partition coefficient (Wildman–Crippen LogP) is 4.08. The number of carbonyl (C=O) groups excluding carboxylic acids is 1. The summed E-state index contributed by atoms with van der Waals surface area (Å²) in [6.45, 7) is 0. The first-order valence-electron chi connectivity index (χ1n) is 4.13. The first-order chi connectivity index (χ1) is 6.65. The fourth-order valence-corrected chi connectivity index (χ4v) is 1.76. The predicted molar refractivity (Wildman–Crippen MR) is 60.1 cm³/mol. The van der Waals surface area contributed by atoms with Crippen LogP contribution in [0.1, 0.15) is 18.4 Å². The van der Waals surface area contributed by atoms with Crippen molar-refractivity contribution in [3.05, 3.63) is 32.8 Å². The molecular weight excluding hydrogens is 242 g/mol. The molecule has 14 heavy (non-hydrogen) atoms. The first kappa shape index (κ1) is 11.8. The van der Waals surface area contributed by atoms with E-state index in [0.29, 0.717) is 21.5 Å². The van der Waals surface area contributed by atoms with Gasteiger partial charge in [-0.2, -0.15) is 0 Å². The van der Waals surface area contributed by atoms with Crippen molar-refractivity contribution in [2.24, 2.45) is 0 Å². The second-order valence-electron chi connectivity index (χ2n) is 2.87. The fourth-order valence-electron chi connectivity index (χ4n) is 1.12. The summed E-state index contributed by atoms with van der Waals surface area (Å²) in [7, 11) is 0. The van der Waals surface area contributed by atoms with Crippen LogP contribution < -0.4 is 0 Å². The highest BCUT2D eigenvalue weighted by atomic mass is 35.5. The Morgan fingerprint density at radius 1 is 1.14 bits per heavy atom. The Labute approximate surface area is 98.0 Å². The van der Waals surface area contributed by atoms with Crippen LogP contribution in [0.3, 0.4) is 0 Å². The first-order valence-corrected chi connectivity index (χ1v) is 5.27. The van der Waals surface area contributed by atoms with Gasteiger partial charge in [-0.1, -0.05) is 34.8 Å². The zero-order chi connectivity index (χ0) is 10.6. The van der Waals surface area contributed by atoms with Gasteiger partial charge in [0.2, 0.25) is 0 Å². The third-order valence-corrected chi connectivity index (χ3v) is 2.98. The van der Waals surface area contributed by atoms with Gasteiger partial charge in [-0.3, -0.25) is 4.79 Å². The number of hydrogen-bond acceptors (Lipinski definition) is 1. The molecule has 0 aliphatic carbocycles. The molecule has 0 spiro atoms. The molecule has 1 aromatic carbocycles. The summed E-state index contributed by atoms with van der Waals surface area (Å²) < 4.78 is 0. The van der Waals surface area contributed by atoms with E-state index in [-0.39, 0.29) is 0 Å². The minimum atomic E-state index is 0.374. The van der Waals surface area contributed by atoms with E-state index in [4.69, 9.17) is 34.8 Å². The second-order valence-corrected chi connectivity index (χ2v) is 4.06. The maximum absolute atomic E-state index is 9.98. The molecule has 0 unspecified atom stereocenters. The zero-order valence-corrected chi connectivity index (χ0v) is 9.59.